The van der Waals surface area contributed by atoms with Crippen molar-refractivity contribution in [1.29, 1.82) is 0 Å². The molecule has 0 fully saturated rings. The fourth-order valence-corrected chi connectivity index (χ4v) is 0.917. The van der Waals surface area contributed by atoms with Gasteiger partial charge in [-0.1, -0.05) is 12.1 Å². The predicted molar refractivity (Wildman–Crippen MR) is 56.7 cm³/mol. The second-order valence-electron chi connectivity index (χ2n) is 4.18. The molecule has 0 atom stereocenters. The van der Waals surface area contributed by atoms with Crippen LogP contribution in [0.3, 0.4) is 0 Å². The van der Waals surface area contributed by atoms with Gasteiger partial charge in [0.25, 0.3) is 0 Å². The molecule has 0 amide bonds. The molecule has 0 spiro atoms. The summed E-state index contributed by atoms with van der Waals surface area (Å²) in [5.41, 5.74) is 0.0554. The molecule has 0 saturated heterocycles. The zero-order valence-electron chi connectivity index (χ0n) is 8.69. The van der Waals surface area contributed by atoms with Gasteiger partial charge >= 0.3 is 0 Å². The van der Waals surface area contributed by atoms with Crippen molar-refractivity contribution in [2.75, 3.05) is 0 Å². The van der Waals surface area contributed by atoms with Gasteiger partial charge in [-0.3, -0.25) is 0 Å². The molecule has 0 unspecified atom stereocenters. The van der Waals surface area contributed by atoms with Crippen molar-refractivity contribution in [3.63, 3.8) is 0 Å². The first kappa shape index (κ1) is 10.6. The first-order valence-electron chi connectivity index (χ1n) is 4.50. The molecule has 1 aromatic carbocycles. The van der Waals surface area contributed by atoms with Gasteiger partial charge in [-0.2, -0.15) is 0 Å². The van der Waals surface area contributed by atoms with Gasteiger partial charge in [0.1, 0.15) is 5.75 Å². The Morgan fingerprint density at radius 3 is 2.36 bits per heavy atom. The Morgan fingerprint density at radius 2 is 1.86 bits per heavy atom. The van der Waals surface area contributed by atoms with Crippen LogP contribution in [0.25, 0.3) is 0 Å². The monoisotopic (exact) mass is 193 g/mol. The van der Waals surface area contributed by atoms with E-state index in [1.165, 1.54) is 6.21 Å². The zero-order chi connectivity index (χ0) is 10.8. The van der Waals surface area contributed by atoms with Crippen LogP contribution >= 0.6 is 0 Å². The van der Waals surface area contributed by atoms with Crippen molar-refractivity contribution in [2.24, 2.45) is 0 Å². The molecule has 0 aromatic heterocycles. The van der Waals surface area contributed by atoms with Crippen LogP contribution in [0.2, 0.25) is 0 Å². The second kappa shape index (κ2) is 3.70. The molecule has 0 aliphatic heterocycles. The molecule has 1 aromatic rings. The molecule has 76 valence electrons. The van der Waals surface area contributed by atoms with Gasteiger partial charge in [0.2, 0.25) is 0 Å². The highest BCUT2D eigenvalue weighted by atomic mass is 16.5. The number of aromatic hydroxyl groups is 1. The van der Waals surface area contributed by atoms with Gasteiger partial charge in [-0.05, 0) is 12.1 Å². The molecule has 14 heavy (non-hydrogen) atoms. The maximum absolute atomic E-state index is 11.5. The molecule has 0 aliphatic carbocycles. The van der Waals surface area contributed by atoms with Crippen molar-refractivity contribution < 1.29 is 9.85 Å². The Hall–Kier alpha value is -1.51. The second-order valence-corrected chi connectivity index (χ2v) is 4.18. The van der Waals surface area contributed by atoms with Crippen molar-refractivity contribution in [3.8, 4) is 5.75 Å². The van der Waals surface area contributed by atoms with Gasteiger partial charge in [-0.25, -0.2) is 4.74 Å². The number of hydrogen-bond donors (Lipinski definition) is 1. The highest BCUT2D eigenvalue weighted by molar-refractivity contribution is 5.79. The standard InChI is InChI=1S/C11H15NO2/c1-11(2,3)12(14)8-9-6-4-5-7-10(9)13/h4-8,13H,1-3H3/b12-8-. The van der Waals surface area contributed by atoms with E-state index in [1.807, 2.05) is 20.8 Å². The quantitative estimate of drug-likeness (QED) is 0.321. The maximum atomic E-state index is 11.5. The number of phenols is 1. The molecule has 1 N–H and O–H groups in total. The predicted octanol–water partition coefficient (Wildman–Crippen LogP) is 2.12. The summed E-state index contributed by atoms with van der Waals surface area (Å²) in [4.78, 5) is 0. The lowest BCUT2D eigenvalue weighted by Gasteiger charge is -2.18. The third-order valence-corrected chi connectivity index (χ3v) is 1.85. The van der Waals surface area contributed by atoms with E-state index in [-0.39, 0.29) is 5.75 Å². The Morgan fingerprint density at radius 1 is 1.29 bits per heavy atom. The van der Waals surface area contributed by atoms with Crippen molar-refractivity contribution in [2.45, 2.75) is 26.3 Å². The number of hydroxylamine groups is 1. The van der Waals surface area contributed by atoms with Crippen LogP contribution in [-0.2, 0) is 0 Å². The fraction of sp³-hybridized carbons (Fsp3) is 0.364. The van der Waals surface area contributed by atoms with Crippen molar-refractivity contribution in [1.82, 2.24) is 0 Å². The summed E-state index contributed by atoms with van der Waals surface area (Å²) in [5.74, 6) is 0.123. The Kier molecular flexibility index (Phi) is 2.79. The number of nitrogens with zero attached hydrogens (tertiary/aromatic N) is 1. The summed E-state index contributed by atoms with van der Waals surface area (Å²) in [6.45, 7) is 5.45. The Labute approximate surface area is 83.9 Å². The van der Waals surface area contributed by atoms with Gasteiger partial charge < -0.3 is 10.3 Å². The number of hydrogen-bond acceptors (Lipinski definition) is 2. The van der Waals surface area contributed by atoms with Crippen LogP contribution in [0.1, 0.15) is 26.3 Å². The third-order valence-electron chi connectivity index (χ3n) is 1.85. The summed E-state index contributed by atoms with van der Waals surface area (Å²) in [7, 11) is 0. The molecule has 0 saturated carbocycles. The van der Waals surface area contributed by atoms with Gasteiger partial charge in [0.15, 0.2) is 11.8 Å². The molecule has 0 radical (unpaired) electrons. The lowest BCUT2D eigenvalue weighted by molar-refractivity contribution is -0.530. The Bertz CT molecular complexity index is 351. The van der Waals surface area contributed by atoms with Gasteiger partial charge in [-0.15, -0.1) is 0 Å². The van der Waals surface area contributed by atoms with E-state index in [9.17, 15) is 10.3 Å². The van der Waals surface area contributed by atoms with Crippen LogP contribution in [-0.4, -0.2) is 21.6 Å². The minimum atomic E-state index is -0.484. The van der Waals surface area contributed by atoms with Crippen LogP contribution in [0.5, 0.6) is 5.75 Å². The number of phenolic OH excluding ortho intramolecular Hbond substituents is 1. The number of para-hydroxylation sites is 1. The van der Waals surface area contributed by atoms with Crippen LogP contribution in [0.15, 0.2) is 24.3 Å². The summed E-state index contributed by atoms with van der Waals surface area (Å²) in [6, 6.07) is 6.76. The van der Waals surface area contributed by atoms with Crippen LogP contribution in [0, 0.1) is 5.21 Å². The summed E-state index contributed by atoms with van der Waals surface area (Å²) in [6.07, 6.45) is 1.40. The number of rotatable bonds is 1. The van der Waals surface area contributed by atoms with Crippen molar-refractivity contribution in [3.05, 3.63) is 35.0 Å². The zero-order valence-corrected chi connectivity index (χ0v) is 8.69. The normalized spacial score (nSPS) is 12.9. The molecular formula is C11H15NO2. The van der Waals surface area contributed by atoms with E-state index in [1.54, 1.807) is 24.3 Å². The van der Waals surface area contributed by atoms with Gasteiger partial charge in [0.05, 0.1) is 5.56 Å². The van der Waals surface area contributed by atoms with E-state index >= 15 is 0 Å². The molecule has 0 bridgehead atoms. The fourth-order valence-electron chi connectivity index (χ4n) is 0.917. The van der Waals surface area contributed by atoms with E-state index in [0.717, 1.165) is 4.74 Å². The lowest BCUT2D eigenvalue weighted by Crippen LogP contribution is -2.29. The smallest absolute Gasteiger partial charge is 0.186 e. The molecule has 3 heteroatoms. The average Bonchev–Trinajstić information content (AvgIpc) is 2.07. The summed E-state index contributed by atoms with van der Waals surface area (Å²) >= 11 is 0. The third kappa shape index (κ3) is 2.49. The molecule has 0 aliphatic rings. The van der Waals surface area contributed by atoms with Crippen LogP contribution in [0.4, 0.5) is 0 Å². The van der Waals surface area contributed by atoms with E-state index < -0.39 is 5.54 Å². The number of benzene rings is 1. The van der Waals surface area contributed by atoms with E-state index in [2.05, 4.69) is 0 Å². The van der Waals surface area contributed by atoms with Crippen molar-refractivity contribution >= 4 is 6.21 Å². The average molecular weight is 193 g/mol. The maximum Gasteiger partial charge on any atom is 0.186 e. The lowest BCUT2D eigenvalue weighted by atomic mass is 10.1. The minimum Gasteiger partial charge on any atom is -0.623 e. The molecule has 0 heterocycles. The Balaban J connectivity index is 3.04. The first-order chi connectivity index (χ1) is 6.41. The molecule has 3 nitrogen and oxygen atoms in total. The SMILES string of the molecule is CC(C)(C)/[N+]([O-])=C/c1ccccc1O. The molecular weight excluding hydrogens is 178 g/mol. The highest BCUT2D eigenvalue weighted by Gasteiger charge is 2.18. The topological polar surface area (TPSA) is 46.3 Å². The van der Waals surface area contributed by atoms with Gasteiger partial charge in [0, 0.05) is 20.8 Å². The van der Waals surface area contributed by atoms with E-state index in [0.29, 0.717) is 5.56 Å². The summed E-state index contributed by atoms with van der Waals surface area (Å²) in [5, 5.41) is 21.0. The highest BCUT2D eigenvalue weighted by Crippen LogP contribution is 2.14. The first-order valence-corrected chi connectivity index (χ1v) is 4.50. The largest absolute Gasteiger partial charge is 0.623 e. The van der Waals surface area contributed by atoms with Crippen LogP contribution < -0.4 is 0 Å². The van der Waals surface area contributed by atoms with E-state index in [4.69, 9.17) is 0 Å². The molecule has 1 rings (SSSR count). The minimum absolute atomic E-state index is 0.123. The summed E-state index contributed by atoms with van der Waals surface area (Å²) < 4.78 is 0.835.